The molecule has 2 N–H and O–H groups in total. The molecule has 0 bridgehead atoms. The highest BCUT2D eigenvalue weighted by atomic mass is 16.5. The van der Waals surface area contributed by atoms with Crippen LogP contribution in [0.15, 0.2) is 4.99 Å². The zero-order chi connectivity index (χ0) is 17.6. The average molecular weight is 353 g/mol. The number of hydrogen-bond acceptors (Lipinski definition) is 3. The Morgan fingerprint density at radius 3 is 2.32 bits per heavy atom. The van der Waals surface area contributed by atoms with E-state index >= 15 is 0 Å². The maximum atomic E-state index is 6.05. The normalized spacial score (nSPS) is 21.1. The third-order valence-corrected chi connectivity index (χ3v) is 5.41. The van der Waals surface area contributed by atoms with Crippen LogP contribution < -0.4 is 10.6 Å². The highest BCUT2D eigenvalue weighted by Crippen LogP contribution is 2.19. The predicted molar refractivity (Wildman–Crippen MR) is 106 cm³/mol. The third kappa shape index (κ3) is 9.45. The van der Waals surface area contributed by atoms with E-state index in [0.717, 1.165) is 45.0 Å². The van der Waals surface area contributed by atoms with Crippen LogP contribution in [-0.4, -0.2) is 63.3 Å². The lowest BCUT2D eigenvalue weighted by Crippen LogP contribution is -2.42. The van der Waals surface area contributed by atoms with Crippen molar-refractivity contribution in [1.29, 1.82) is 0 Å². The number of unbranched alkanes of at least 4 members (excludes halogenated alkanes) is 1. The molecule has 1 saturated carbocycles. The summed E-state index contributed by atoms with van der Waals surface area (Å²) in [6.45, 7) is 6.49. The largest absolute Gasteiger partial charge is 0.378 e. The Balaban J connectivity index is 1.43. The van der Waals surface area contributed by atoms with Gasteiger partial charge in [0, 0.05) is 33.3 Å². The van der Waals surface area contributed by atoms with Gasteiger partial charge in [-0.3, -0.25) is 4.99 Å². The SMILES string of the molecule is CN=C(NCCCCOC1CCCCCC1)NCCN1CCCCC1. The fourth-order valence-electron chi connectivity index (χ4n) is 3.83. The van der Waals surface area contributed by atoms with Crippen LogP contribution in [0.4, 0.5) is 0 Å². The molecule has 2 aliphatic rings. The van der Waals surface area contributed by atoms with Gasteiger partial charge < -0.3 is 20.3 Å². The second-order valence-electron chi connectivity index (χ2n) is 7.52. The van der Waals surface area contributed by atoms with Crippen molar-refractivity contribution in [3.63, 3.8) is 0 Å². The number of rotatable bonds is 9. The third-order valence-electron chi connectivity index (χ3n) is 5.41. The van der Waals surface area contributed by atoms with Crippen LogP contribution in [0.2, 0.25) is 0 Å². The lowest BCUT2D eigenvalue weighted by molar-refractivity contribution is 0.0411. The molecule has 25 heavy (non-hydrogen) atoms. The molecule has 1 saturated heterocycles. The Kier molecular flexibility index (Phi) is 11.0. The maximum Gasteiger partial charge on any atom is 0.191 e. The first-order chi connectivity index (χ1) is 12.4. The van der Waals surface area contributed by atoms with E-state index in [4.69, 9.17) is 4.74 Å². The quantitative estimate of drug-likeness (QED) is 0.290. The van der Waals surface area contributed by atoms with Gasteiger partial charge in [0.15, 0.2) is 5.96 Å². The summed E-state index contributed by atoms with van der Waals surface area (Å²) in [4.78, 5) is 6.87. The number of aliphatic imine (C=N–C) groups is 1. The van der Waals surface area contributed by atoms with Crippen molar-refractivity contribution in [3.8, 4) is 0 Å². The Hall–Kier alpha value is -0.810. The van der Waals surface area contributed by atoms with Gasteiger partial charge in [0.05, 0.1) is 6.10 Å². The smallest absolute Gasteiger partial charge is 0.191 e. The molecular weight excluding hydrogens is 312 g/mol. The Morgan fingerprint density at radius 1 is 0.920 bits per heavy atom. The molecule has 0 unspecified atom stereocenters. The molecule has 5 nitrogen and oxygen atoms in total. The second-order valence-corrected chi connectivity index (χ2v) is 7.52. The summed E-state index contributed by atoms with van der Waals surface area (Å²) in [5, 5.41) is 6.85. The van der Waals surface area contributed by atoms with Gasteiger partial charge in [-0.1, -0.05) is 32.1 Å². The Morgan fingerprint density at radius 2 is 1.60 bits per heavy atom. The first-order valence-corrected chi connectivity index (χ1v) is 10.7. The molecule has 5 heteroatoms. The summed E-state index contributed by atoms with van der Waals surface area (Å²) in [7, 11) is 1.85. The van der Waals surface area contributed by atoms with Gasteiger partial charge in [-0.15, -0.1) is 0 Å². The molecule has 1 heterocycles. The van der Waals surface area contributed by atoms with Crippen molar-refractivity contribution < 1.29 is 4.74 Å². The number of nitrogens with zero attached hydrogens (tertiary/aromatic N) is 2. The lowest BCUT2D eigenvalue weighted by atomic mass is 10.1. The molecule has 0 atom stereocenters. The zero-order valence-corrected chi connectivity index (χ0v) is 16.4. The number of guanidine groups is 1. The number of piperidine rings is 1. The first kappa shape index (κ1) is 20.5. The van der Waals surface area contributed by atoms with E-state index in [2.05, 4.69) is 20.5 Å². The summed E-state index contributed by atoms with van der Waals surface area (Å²) in [5.74, 6) is 0.932. The summed E-state index contributed by atoms with van der Waals surface area (Å²) in [5.41, 5.74) is 0. The monoisotopic (exact) mass is 352 g/mol. The van der Waals surface area contributed by atoms with Crippen molar-refractivity contribution >= 4 is 5.96 Å². The Bertz CT molecular complexity index is 348. The van der Waals surface area contributed by atoms with E-state index in [1.165, 1.54) is 70.9 Å². The molecule has 1 aliphatic heterocycles. The molecule has 146 valence electrons. The van der Waals surface area contributed by atoms with Crippen LogP contribution in [0, 0.1) is 0 Å². The van der Waals surface area contributed by atoms with E-state index in [9.17, 15) is 0 Å². The van der Waals surface area contributed by atoms with Crippen molar-refractivity contribution in [2.24, 2.45) is 4.99 Å². The van der Waals surface area contributed by atoms with Crippen molar-refractivity contribution in [2.75, 3.05) is 46.4 Å². The van der Waals surface area contributed by atoms with Gasteiger partial charge in [-0.05, 0) is 51.6 Å². The molecule has 2 fully saturated rings. The van der Waals surface area contributed by atoms with Crippen molar-refractivity contribution in [2.45, 2.75) is 76.7 Å². The van der Waals surface area contributed by atoms with Gasteiger partial charge in [-0.2, -0.15) is 0 Å². The maximum absolute atomic E-state index is 6.05. The number of ether oxygens (including phenoxy) is 1. The minimum absolute atomic E-state index is 0.527. The van der Waals surface area contributed by atoms with E-state index in [1.54, 1.807) is 0 Å². The minimum atomic E-state index is 0.527. The van der Waals surface area contributed by atoms with Crippen LogP contribution in [0.3, 0.4) is 0 Å². The second kappa shape index (κ2) is 13.4. The molecule has 2 rings (SSSR count). The molecule has 0 aromatic rings. The summed E-state index contributed by atoms with van der Waals surface area (Å²) in [6, 6.07) is 0. The summed E-state index contributed by atoms with van der Waals surface area (Å²) >= 11 is 0. The van der Waals surface area contributed by atoms with E-state index in [0.29, 0.717) is 6.10 Å². The standard InChI is InChI=1S/C20H40N4O/c1-21-20(23-14-17-24-15-8-4-9-16-24)22-13-7-10-18-25-19-11-5-2-3-6-12-19/h19H,2-18H2,1H3,(H2,21,22,23). The van der Waals surface area contributed by atoms with Crippen LogP contribution in [0.25, 0.3) is 0 Å². The predicted octanol–water partition coefficient (Wildman–Crippen LogP) is 3.16. The molecule has 1 aliphatic carbocycles. The number of hydrogen-bond donors (Lipinski definition) is 2. The molecule has 0 radical (unpaired) electrons. The molecule has 0 aromatic heterocycles. The number of likely N-dealkylation sites (tertiary alicyclic amines) is 1. The van der Waals surface area contributed by atoms with Gasteiger partial charge in [-0.25, -0.2) is 0 Å². The lowest BCUT2D eigenvalue weighted by Gasteiger charge is -2.26. The van der Waals surface area contributed by atoms with Crippen molar-refractivity contribution in [3.05, 3.63) is 0 Å². The minimum Gasteiger partial charge on any atom is -0.378 e. The highest BCUT2D eigenvalue weighted by Gasteiger charge is 2.12. The molecule has 0 spiro atoms. The van der Waals surface area contributed by atoms with Gasteiger partial charge >= 0.3 is 0 Å². The topological polar surface area (TPSA) is 48.9 Å². The number of nitrogens with one attached hydrogen (secondary N) is 2. The Labute approximate surface area is 155 Å². The van der Waals surface area contributed by atoms with Crippen LogP contribution in [-0.2, 0) is 4.74 Å². The molecular formula is C20H40N4O. The highest BCUT2D eigenvalue weighted by molar-refractivity contribution is 5.79. The van der Waals surface area contributed by atoms with Gasteiger partial charge in [0.2, 0.25) is 0 Å². The van der Waals surface area contributed by atoms with E-state index in [1.807, 2.05) is 7.05 Å². The van der Waals surface area contributed by atoms with Gasteiger partial charge in [0.1, 0.15) is 0 Å². The van der Waals surface area contributed by atoms with Crippen LogP contribution >= 0.6 is 0 Å². The summed E-state index contributed by atoms with van der Waals surface area (Å²) in [6.07, 6.45) is 15.0. The summed E-state index contributed by atoms with van der Waals surface area (Å²) < 4.78 is 6.05. The van der Waals surface area contributed by atoms with E-state index < -0.39 is 0 Å². The van der Waals surface area contributed by atoms with E-state index in [-0.39, 0.29) is 0 Å². The van der Waals surface area contributed by atoms with Crippen LogP contribution in [0.5, 0.6) is 0 Å². The van der Waals surface area contributed by atoms with Gasteiger partial charge in [0.25, 0.3) is 0 Å². The molecule has 0 amide bonds. The average Bonchev–Trinajstić information content (AvgIpc) is 2.92. The fourth-order valence-corrected chi connectivity index (χ4v) is 3.83. The van der Waals surface area contributed by atoms with Crippen LogP contribution in [0.1, 0.15) is 70.6 Å². The fraction of sp³-hybridized carbons (Fsp3) is 0.950. The van der Waals surface area contributed by atoms with Crippen molar-refractivity contribution in [1.82, 2.24) is 15.5 Å². The first-order valence-electron chi connectivity index (χ1n) is 10.7. The zero-order valence-electron chi connectivity index (χ0n) is 16.4. The molecule has 0 aromatic carbocycles.